The maximum atomic E-state index is 12.6. The van der Waals surface area contributed by atoms with E-state index in [1.165, 1.54) is 5.56 Å². The molecule has 1 amide bonds. The summed E-state index contributed by atoms with van der Waals surface area (Å²) in [6.07, 6.45) is 2.06. The molecule has 2 N–H and O–H groups in total. The number of likely N-dealkylation sites (tertiary alicyclic amines) is 1. The Kier molecular flexibility index (Phi) is 8.32. The van der Waals surface area contributed by atoms with Gasteiger partial charge in [-0.15, -0.1) is 0 Å². The van der Waals surface area contributed by atoms with Crippen molar-refractivity contribution in [2.24, 2.45) is 0 Å². The average Bonchev–Trinajstić information content (AvgIpc) is 3.36. The summed E-state index contributed by atoms with van der Waals surface area (Å²) in [4.78, 5) is 14.4. The normalized spacial score (nSPS) is 14.6. The minimum atomic E-state index is -0.752. The van der Waals surface area contributed by atoms with Gasteiger partial charge < -0.3 is 24.8 Å². The van der Waals surface area contributed by atoms with Gasteiger partial charge in [-0.25, -0.2) is 0 Å². The van der Waals surface area contributed by atoms with E-state index in [1.807, 2.05) is 24.3 Å². The van der Waals surface area contributed by atoms with Crippen molar-refractivity contribution in [1.82, 2.24) is 10.2 Å². The molecule has 1 aliphatic rings. The first-order chi connectivity index (χ1) is 15.8. The van der Waals surface area contributed by atoms with Crippen LogP contribution in [-0.2, 0) is 6.42 Å². The predicted molar refractivity (Wildman–Crippen MR) is 127 cm³/mol. The molecule has 0 spiro atoms. The topological polar surface area (TPSA) is 94.8 Å². The van der Waals surface area contributed by atoms with E-state index in [0.29, 0.717) is 23.4 Å². The lowest BCUT2D eigenvalue weighted by atomic mass is 9.94. The lowest BCUT2D eigenvalue weighted by Crippen LogP contribution is -2.46. The van der Waals surface area contributed by atoms with Gasteiger partial charge in [-0.3, -0.25) is 4.79 Å². The Bertz CT molecular complexity index is 976. The molecule has 2 aromatic rings. The van der Waals surface area contributed by atoms with Gasteiger partial charge in [0.05, 0.1) is 12.7 Å². The van der Waals surface area contributed by atoms with Gasteiger partial charge in [0, 0.05) is 30.7 Å². The average molecular weight is 452 g/mol. The van der Waals surface area contributed by atoms with Gasteiger partial charge in [0.25, 0.3) is 5.91 Å². The molecule has 176 valence electrons. The zero-order valence-electron chi connectivity index (χ0n) is 19.6. The van der Waals surface area contributed by atoms with Crippen LogP contribution in [-0.4, -0.2) is 60.9 Å². The van der Waals surface area contributed by atoms with Crippen LogP contribution < -0.4 is 14.8 Å². The third kappa shape index (κ3) is 6.95. The van der Waals surface area contributed by atoms with Crippen molar-refractivity contribution in [3.8, 4) is 17.6 Å². The van der Waals surface area contributed by atoms with Crippen molar-refractivity contribution in [3.63, 3.8) is 0 Å². The van der Waals surface area contributed by atoms with Gasteiger partial charge in [0.15, 0.2) is 0 Å². The van der Waals surface area contributed by atoms with Crippen molar-refractivity contribution >= 4 is 5.91 Å². The van der Waals surface area contributed by atoms with Crippen LogP contribution in [0.15, 0.2) is 42.5 Å². The van der Waals surface area contributed by atoms with Crippen molar-refractivity contribution in [2.45, 2.75) is 44.8 Å². The number of methoxy groups -OCH3 is 1. The fraction of sp³-hybridized carbons (Fsp3) is 0.462. The summed E-state index contributed by atoms with van der Waals surface area (Å²) in [5.74, 6) is 1.13. The number of aliphatic hydroxyl groups is 1. The number of nitrogens with one attached hydrogen (secondary N) is 1. The van der Waals surface area contributed by atoms with Crippen molar-refractivity contribution in [2.75, 3.05) is 33.4 Å². The molecule has 0 bridgehead atoms. The summed E-state index contributed by atoms with van der Waals surface area (Å²) in [6.45, 7) is 6.06. The largest absolute Gasteiger partial charge is 0.497 e. The molecule has 2 aromatic carbocycles. The van der Waals surface area contributed by atoms with Crippen LogP contribution in [0.2, 0.25) is 0 Å². The fourth-order valence-corrected chi connectivity index (χ4v) is 3.93. The number of carbonyl (C=O) groups excluding carboxylic acids is 1. The molecule has 33 heavy (non-hydrogen) atoms. The van der Waals surface area contributed by atoms with E-state index in [-0.39, 0.29) is 18.1 Å². The number of carbonyl (C=O) groups is 1. The van der Waals surface area contributed by atoms with Crippen LogP contribution in [0.4, 0.5) is 0 Å². The van der Waals surface area contributed by atoms with Gasteiger partial charge in [-0.2, -0.15) is 5.26 Å². The number of hydrogen-bond donors (Lipinski definition) is 2. The number of benzene rings is 2. The molecule has 7 heteroatoms. The first-order valence-corrected chi connectivity index (χ1v) is 11.3. The molecular formula is C26H33N3O4. The minimum absolute atomic E-state index is 0.0414. The third-order valence-electron chi connectivity index (χ3n) is 5.79. The number of aliphatic hydroxyl groups excluding tert-OH is 1. The molecule has 1 saturated heterocycles. The molecule has 1 heterocycles. The van der Waals surface area contributed by atoms with Gasteiger partial charge >= 0.3 is 0 Å². The van der Waals surface area contributed by atoms with Gasteiger partial charge in [0.1, 0.15) is 30.3 Å². The van der Waals surface area contributed by atoms with E-state index in [4.69, 9.17) is 9.47 Å². The maximum absolute atomic E-state index is 12.6. The Morgan fingerprint density at radius 1 is 1.21 bits per heavy atom. The number of β-amino-alcohol motifs (C(OH)–C–C–N with tert-alkyl or cyclic N) is 1. The van der Waals surface area contributed by atoms with Crippen LogP contribution in [0.3, 0.4) is 0 Å². The van der Waals surface area contributed by atoms with Crippen LogP contribution in [0.5, 0.6) is 11.5 Å². The van der Waals surface area contributed by atoms with Crippen molar-refractivity contribution in [1.29, 1.82) is 5.26 Å². The first-order valence-electron chi connectivity index (χ1n) is 11.3. The number of amides is 1. The standard InChI is InChI=1S/C26H33N3O4/c1-26(2,15-19-6-9-23(32-3)10-7-19)28-17-22(30)18-33-24-11-8-20(14-21(24)16-27)25(31)29-12-4-5-13-29/h6-11,14,22,28,30H,4-5,12-13,15,17-18H2,1-3H3/t22-/m1/s1. The van der Waals surface area contributed by atoms with E-state index in [2.05, 4.69) is 25.2 Å². The molecule has 3 rings (SSSR count). The number of nitrogens with zero attached hydrogens (tertiary/aromatic N) is 2. The van der Waals surface area contributed by atoms with Crippen molar-refractivity contribution in [3.05, 3.63) is 59.2 Å². The molecule has 0 aliphatic carbocycles. The molecule has 0 aromatic heterocycles. The second kappa shape index (κ2) is 11.2. The van der Waals surface area contributed by atoms with Crippen LogP contribution in [0, 0.1) is 11.3 Å². The highest BCUT2D eigenvalue weighted by Gasteiger charge is 2.22. The van der Waals surface area contributed by atoms with E-state index < -0.39 is 6.10 Å². The number of rotatable bonds is 10. The predicted octanol–water partition coefficient (Wildman–Crippen LogP) is 3.15. The second-order valence-corrected chi connectivity index (χ2v) is 9.08. The van der Waals surface area contributed by atoms with E-state index >= 15 is 0 Å². The fourth-order valence-electron chi connectivity index (χ4n) is 3.93. The Morgan fingerprint density at radius 3 is 2.55 bits per heavy atom. The van der Waals surface area contributed by atoms with Gasteiger partial charge in [-0.1, -0.05) is 12.1 Å². The molecule has 1 atom stereocenters. The number of hydrogen-bond acceptors (Lipinski definition) is 6. The van der Waals surface area contributed by atoms with Crippen LogP contribution in [0.1, 0.15) is 48.2 Å². The maximum Gasteiger partial charge on any atom is 0.253 e. The smallest absolute Gasteiger partial charge is 0.253 e. The van der Waals surface area contributed by atoms with Crippen molar-refractivity contribution < 1.29 is 19.4 Å². The third-order valence-corrected chi connectivity index (χ3v) is 5.79. The zero-order valence-corrected chi connectivity index (χ0v) is 19.6. The van der Waals surface area contributed by atoms with E-state index in [9.17, 15) is 15.2 Å². The number of ether oxygens (including phenoxy) is 2. The summed E-state index contributed by atoms with van der Waals surface area (Å²) >= 11 is 0. The molecule has 0 radical (unpaired) electrons. The highest BCUT2D eigenvalue weighted by atomic mass is 16.5. The highest BCUT2D eigenvalue weighted by Crippen LogP contribution is 2.22. The quantitative estimate of drug-likeness (QED) is 0.576. The Morgan fingerprint density at radius 2 is 1.91 bits per heavy atom. The summed E-state index contributed by atoms with van der Waals surface area (Å²) in [6, 6.07) is 14.9. The Labute approximate surface area is 195 Å². The molecule has 0 saturated carbocycles. The van der Waals surface area contributed by atoms with Gasteiger partial charge in [-0.05, 0) is 69.0 Å². The summed E-state index contributed by atoms with van der Waals surface area (Å²) in [5, 5.41) is 23.3. The lowest BCUT2D eigenvalue weighted by molar-refractivity contribution is 0.0792. The lowest BCUT2D eigenvalue weighted by Gasteiger charge is -2.28. The molecule has 7 nitrogen and oxygen atoms in total. The summed E-state index contributed by atoms with van der Waals surface area (Å²) in [5.41, 5.74) is 1.72. The van der Waals surface area contributed by atoms with Crippen LogP contribution >= 0.6 is 0 Å². The molecule has 1 aliphatic heterocycles. The van der Waals surface area contributed by atoms with E-state index in [1.54, 1.807) is 30.2 Å². The SMILES string of the molecule is COc1ccc(CC(C)(C)NC[C@@H](O)COc2ccc(C(=O)N3CCCC3)cc2C#N)cc1. The Hall–Kier alpha value is -3.08. The summed E-state index contributed by atoms with van der Waals surface area (Å²) in [7, 11) is 1.64. The number of nitriles is 1. The summed E-state index contributed by atoms with van der Waals surface area (Å²) < 4.78 is 10.9. The second-order valence-electron chi connectivity index (χ2n) is 9.08. The van der Waals surface area contributed by atoms with E-state index in [0.717, 1.165) is 38.1 Å². The zero-order chi connectivity index (χ0) is 23.8. The highest BCUT2D eigenvalue weighted by molar-refractivity contribution is 5.95. The van der Waals surface area contributed by atoms with Gasteiger partial charge in [0.2, 0.25) is 0 Å². The minimum Gasteiger partial charge on any atom is -0.497 e. The molecule has 1 fully saturated rings. The first kappa shape index (κ1) is 24.6. The Balaban J connectivity index is 1.50. The molecule has 0 unspecified atom stereocenters. The molecular weight excluding hydrogens is 418 g/mol. The van der Waals surface area contributed by atoms with Crippen LogP contribution in [0.25, 0.3) is 0 Å². The monoisotopic (exact) mass is 451 g/mol.